The molecular weight excluding hydrogens is 430 g/mol. The maximum Gasteiger partial charge on any atom is 0.261 e. The Morgan fingerprint density at radius 1 is 1.19 bits per heavy atom. The molecule has 9 nitrogen and oxygen atoms in total. The molecule has 10 heteroatoms. The van der Waals surface area contributed by atoms with Crippen LogP contribution in [0.1, 0.15) is 31.1 Å². The van der Waals surface area contributed by atoms with Gasteiger partial charge in [-0.15, -0.1) is 0 Å². The third kappa shape index (κ3) is 5.44. The van der Waals surface area contributed by atoms with Gasteiger partial charge in [-0.25, -0.2) is 13.4 Å². The van der Waals surface area contributed by atoms with E-state index in [2.05, 4.69) is 19.9 Å². The Labute approximate surface area is 186 Å². The van der Waals surface area contributed by atoms with Crippen LogP contribution in [0.3, 0.4) is 0 Å². The standard InChI is InChI=1S/C22H25N5O4S/c1-32(29,30)26-17-9-7-8-16(14-17)21-23-22(25-24-21)19-12-5-6-13-27(19)20(28)15-31-18-10-3-2-4-11-18/h2-4,7-11,14,19,26H,5-6,12-13,15H2,1H3,(H,23,24,25)/t19-/m1/s1. The molecule has 1 amide bonds. The number of para-hydroxylation sites is 1. The average Bonchev–Trinajstić information content (AvgIpc) is 3.27. The van der Waals surface area contributed by atoms with Crippen LogP contribution in [-0.2, 0) is 14.8 Å². The van der Waals surface area contributed by atoms with Gasteiger partial charge in [0.1, 0.15) is 11.6 Å². The number of carbonyl (C=O) groups excluding carboxylic acids is 1. The molecule has 1 aromatic heterocycles. The van der Waals surface area contributed by atoms with Crippen LogP contribution in [0, 0.1) is 0 Å². The lowest BCUT2D eigenvalue weighted by atomic mass is 10.0. The van der Waals surface area contributed by atoms with E-state index in [1.54, 1.807) is 29.2 Å². The number of ether oxygens (including phenoxy) is 1. The number of aromatic amines is 1. The maximum atomic E-state index is 12.9. The van der Waals surface area contributed by atoms with Crippen LogP contribution in [0.15, 0.2) is 54.6 Å². The van der Waals surface area contributed by atoms with E-state index < -0.39 is 10.0 Å². The van der Waals surface area contributed by atoms with Crippen LogP contribution in [0.25, 0.3) is 11.4 Å². The topological polar surface area (TPSA) is 117 Å². The van der Waals surface area contributed by atoms with E-state index in [9.17, 15) is 13.2 Å². The summed E-state index contributed by atoms with van der Waals surface area (Å²) in [6.07, 6.45) is 3.79. The Morgan fingerprint density at radius 2 is 2.00 bits per heavy atom. The number of nitrogens with zero attached hydrogens (tertiary/aromatic N) is 3. The maximum absolute atomic E-state index is 12.9. The molecule has 4 rings (SSSR count). The number of hydrogen-bond donors (Lipinski definition) is 2. The fourth-order valence-electron chi connectivity index (χ4n) is 3.75. The van der Waals surface area contributed by atoms with E-state index in [0.29, 0.717) is 35.2 Å². The monoisotopic (exact) mass is 455 g/mol. The minimum atomic E-state index is -3.39. The largest absolute Gasteiger partial charge is 0.484 e. The van der Waals surface area contributed by atoms with Gasteiger partial charge in [-0.05, 0) is 43.5 Å². The summed E-state index contributed by atoms with van der Waals surface area (Å²) >= 11 is 0. The molecule has 1 atom stereocenters. The highest BCUT2D eigenvalue weighted by Crippen LogP contribution is 2.30. The van der Waals surface area contributed by atoms with Gasteiger partial charge in [0.05, 0.1) is 12.3 Å². The highest BCUT2D eigenvalue weighted by molar-refractivity contribution is 7.92. The molecule has 0 radical (unpaired) electrons. The van der Waals surface area contributed by atoms with Crippen molar-refractivity contribution >= 4 is 21.6 Å². The number of aromatic nitrogens is 3. The molecule has 2 aromatic carbocycles. The summed E-state index contributed by atoms with van der Waals surface area (Å²) in [5.74, 6) is 1.60. The first-order valence-electron chi connectivity index (χ1n) is 10.4. The average molecular weight is 456 g/mol. The normalized spacial score (nSPS) is 16.5. The number of H-pyrrole nitrogens is 1. The number of nitrogens with one attached hydrogen (secondary N) is 2. The third-order valence-corrected chi connectivity index (χ3v) is 5.78. The Hall–Kier alpha value is -3.40. The SMILES string of the molecule is CS(=O)(=O)Nc1cccc(-c2n[nH]c([C@H]3CCCCN3C(=O)COc3ccccc3)n2)c1. The second-order valence-corrected chi connectivity index (χ2v) is 9.45. The molecular formula is C22H25N5O4S. The number of rotatable bonds is 7. The van der Waals surface area contributed by atoms with E-state index in [4.69, 9.17) is 4.74 Å². The van der Waals surface area contributed by atoms with Crippen molar-refractivity contribution in [3.05, 3.63) is 60.4 Å². The highest BCUT2D eigenvalue weighted by Gasteiger charge is 2.30. The Balaban J connectivity index is 1.49. The van der Waals surface area contributed by atoms with Crippen molar-refractivity contribution in [3.63, 3.8) is 0 Å². The van der Waals surface area contributed by atoms with Crippen LogP contribution < -0.4 is 9.46 Å². The molecule has 0 aliphatic carbocycles. The van der Waals surface area contributed by atoms with Gasteiger partial charge in [0.15, 0.2) is 12.4 Å². The molecule has 0 spiro atoms. The second kappa shape index (κ2) is 9.39. The first-order valence-corrected chi connectivity index (χ1v) is 12.3. The predicted molar refractivity (Wildman–Crippen MR) is 121 cm³/mol. The van der Waals surface area contributed by atoms with Crippen molar-refractivity contribution in [2.45, 2.75) is 25.3 Å². The van der Waals surface area contributed by atoms with Crippen molar-refractivity contribution in [1.82, 2.24) is 20.1 Å². The molecule has 2 N–H and O–H groups in total. The number of benzene rings is 2. The van der Waals surface area contributed by atoms with Gasteiger partial charge in [0.2, 0.25) is 10.0 Å². The molecule has 0 unspecified atom stereocenters. The van der Waals surface area contributed by atoms with E-state index in [0.717, 1.165) is 25.5 Å². The predicted octanol–water partition coefficient (Wildman–Crippen LogP) is 2.98. The van der Waals surface area contributed by atoms with E-state index >= 15 is 0 Å². The lowest BCUT2D eigenvalue weighted by molar-refractivity contribution is -0.137. The number of piperidine rings is 1. The Morgan fingerprint density at radius 3 is 2.78 bits per heavy atom. The first-order chi connectivity index (χ1) is 15.4. The van der Waals surface area contributed by atoms with Crippen LogP contribution in [0.2, 0.25) is 0 Å². The number of amides is 1. The summed E-state index contributed by atoms with van der Waals surface area (Å²) in [5, 5.41) is 7.27. The summed E-state index contributed by atoms with van der Waals surface area (Å²) in [6, 6.07) is 15.9. The number of carbonyl (C=O) groups is 1. The molecule has 0 saturated carbocycles. The molecule has 1 saturated heterocycles. The lowest BCUT2D eigenvalue weighted by Crippen LogP contribution is -2.41. The van der Waals surface area contributed by atoms with E-state index in [-0.39, 0.29) is 18.6 Å². The zero-order valence-electron chi connectivity index (χ0n) is 17.7. The van der Waals surface area contributed by atoms with Crippen LogP contribution >= 0.6 is 0 Å². The number of hydrogen-bond acceptors (Lipinski definition) is 6. The zero-order valence-corrected chi connectivity index (χ0v) is 18.5. The fraction of sp³-hybridized carbons (Fsp3) is 0.318. The summed E-state index contributed by atoms with van der Waals surface area (Å²) in [4.78, 5) is 19.3. The van der Waals surface area contributed by atoms with Crippen molar-refractivity contribution in [2.75, 3.05) is 24.1 Å². The van der Waals surface area contributed by atoms with Gasteiger partial charge >= 0.3 is 0 Å². The molecule has 3 aromatic rings. The minimum absolute atomic E-state index is 0.0410. The quantitative estimate of drug-likeness (QED) is 0.566. The van der Waals surface area contributed by atoms with E-state index in [1.165, 1.54) is 0 Å². The van der Waals surface area contributed by atoms with Gasteiger partial charge in [-0.2, -0.15) is 5.10 Å². The van der Waals surface area contributed by atoms with Crippen molar-refractivity contribution < 1.29 is 17.9 Å². The molecule has 1 aliphatic heterocycles. The van der Waals surface area contributed by atoms with Gasteiger partial charge in [0, 0.05) is 17.8 Å². The molecule has 0 bridgehead atoms. The molecule has 168 valence electrons. The smallest absolute Gasteiger partial charge is 0.261 e. The van der Waals surface area contributed by atoms with Crippen molar-refractivity contribution in [3.8, 4) is 17.1 Å². The van der Waals surface area contributed by atoms with Gasteiger partial charge in [-0.1, -0.05) is 30.3 Å². The molecule has 32 heavy (non-hydrogen) atoms. The summed E-state index contributed by atoms with van der Waals surface area (Å²) in [6.45, 7) is 0.589. The summed E-state index contributed by atoms with van der Waals surface area (Å²) in [7, 11) is -3.39. The highest BCUT2D eigenvalue weighted by atomic mass is 32.2. The number of sulfonamides is 1. The minimum Gasteiger partial charge on any atom is -0.484 e. The van der Waals surface area contributed by atoms with Gasteiger partial charge < -0.3 is 9.64 Å². The molecule has 1 aliphatic rings. The zero-order chi connectivity index (χ0) is 22.6. The molecule has 1 fully saturated rings. The number of anilines is 1. The molecule has 2 heterocycles. The van der Waals surface area contributed by atoms with Crippen molar-refractivity contribution in [2.24, 2.45) is 0 Å². The fourth-order valence-corrected chi connectivity index (χ4v) is 4.30. The van der Waals surface area contributed by atoms with Gasteiger partial charge in [-0.3, -0.25) is 14.6 Å². The first kappa shape index (κ1) is 21.8. The van der Waals surface area contributed by atoms with Crippen LogP contribution in [0.4, 0.5) is 5.69 Å². The third-order valence-electron chi connectivity index (χ3n) is 5.17. The van der Waals surface area contributed by atoms with Crippen LogP contribution in [-0.4, -0.2) is 53.8 Å². The Kier molecular flexibility index (Phi) is 6.40. The Bertz CT molecular complexity index is 1180. The van der Waals surface area contributed by atoms with Crippen LogP contribution in [0.5, 0.6) is 5.75 Å². The van der Waals surface area contributed by atoms with Crippen molar-refractivity contribution in [1.29, 1.82) is 0 Å². The summed E-state index contributed by atoms with van der Waals surface area (Å²) in [5.41, 5.74) is 1.10. The van der Waals surface area contributed by atoms with E-state index in [1.807, 2.05) is 30.3 Å². The number of likely N-dealkylation sites (tertiary alicyclic amines) is 1. The summed E-state index contributed by atoms with van der Waals surface area (Å²) < 4.78 is 31.1. The lowest BCUT2D eigenvalue weighted by Gasteiger charge is -2.34. The second-order valence-electron chi connectivity index (χ2n) is 7.70. The van der Waals surface area contributed by atoms with Gasteiger partial charge in [0.25, 0.3) is 5.91 Å².